The Labute approximate surface area is 67.9 Å². The molecule has 0 saturated heterocycles. The Bertz CT molecular complexity index is 470. The first-order chi connectivity index (χ1) is 5.75. The fourth-order valence-electron chi connectivity index (χ4n) is 1.04. The maximum atomic E-state index is 10.8. The molecular formula is C9H5O3-. The highest BCUT2D eigenvalue weighted by Crippen LogP contribution is 2.15. The third kappa shape index (κ3) is 1.05. The van der Waals surface area contributed by atoms with Crippen molar-refractivity contribution in [1.82, 2.24) is 0 Å². The van der Waals surface area contributed by atoms with Gasteiger partial charge in [-0.05, 0) is 12.1 Å². The number of rotatable bonds is 0. The zero-order valence-corrected chi connectivity index (χ0v) is 6.11. The van der Waals surface area contributed by atoms with E-state index in [0.29, 0.717) is 5.58 Å². The third-order valence-corrected chi connectivity index (χ3v) is 1.59. The predicted molar refractivity (Wildman–Crippen MR) is 41.9 cm³/mol. The van der Waals surface area contributed by atoms with Gasteiger partial charge in [0.25, 0.3) is 0 Å². The summed E-state index contributed by atoms with van der Waals surface area (Å²) < 4.78 is 4.79. The van der Waals surface area contributed by atoms with Gasteiger partial charge in [0.2, 0.25) is 0 Å². The third-order valence-electron chi connectivity index (χ3n) is 1.59. The van der Waals surface area contributed by atoms with Crippen molar-refractivity contribution < 1.29 is 9.52 Å². The molecule has 3 heteroatoms. The Morgan fingerprint density at radius 2 is 1.92 bits per heavy atom. The average molecular weight is 161 g/mol. The van der Waals surface area contributed by atoms with Crippen LogP contribution in [-0.2, 0) is 0 Å². The van der Waals surface area contributed by atoms with E-state index in [1.165, 1.54) is 18.2 Å². The minimum Gasteiger partial charge on any atom is -0.872 e. The topological polar surface area (TPSA) is 53.3 Å². The average Bonchev–Trinajstić information content (AvgIpc) is 2.03. The van der Waals surface area contributed by atoms with Crippen molar-refractivity contribution in [2.45, 2.75) is 0 Å². The normalized spacial score (nSPS) is 10.3. The summed E-state index contributed by atoms with van der Waals surface area (Å²) in [6.45, 7) is 0. The molecule has 12 heavy (non-hydrogen) atoms. The first-order valence-corrected chi connectivity index (χ1v) is 3.47. The predicted octanol–water partition coefficient (Wildman–Crippen LogP) is 0.867. The molecule has 0 N–H and O–H groups in total. The van der Waals surface area contributed by atoms with E-state index in [4.69, 9.17) is 4.42 Å². The van der Waals surface area contributed by atoms with Crippen LogP contribution >= 0.6 is 0 Å². The van der Waals surface area contributed by atoms with E-state index >= 15 is 0 Å². The van der Waals surface area contributed by atoms with E-state index in [9.17, 15) is 9.90 Å². The molecule has 0 amide bonds. The molecule has 3 nitrogen and oxygen atoms in total. The van der Waals surface area contributed by atoms with Crippen LogP contribution in [0.4, 0.5) is 0 Å². The fraction of sp³-hybridized carbons (Fsp3) is 0. The Kier molecular flexibility index (Phi) is 1.37. The molecule has 2 aromatic rings. The van der Waals surface area contributed by atoms with Crippen molar-refractivity contribution in [3.63, 3.8) is 0 Å². The monoisotopic (exact) mass is 161 g/mol. The Hall–Kier alpha value is -1.77. The summed E-state index contributed by atoms with van der Waals surface area (Å²) in [6, 6.07) is 7.31. The lowest BCUT2D eigenvalue weighted by Gasteiger charge is -2.03. The molecule has 0 unspecified atom stereocenters. The molecule has 60 valence electrons. The summed E-state index contributed by atoms with van der Waals surface area (Å²) in [7, 11) is 0. The van der Waals surface area contributed by atoms with E-state index in [1.54, 1.807) is 12.1 Å². The van der Waals surface area contributed by atoms with Crippen LogP contribution in [-0.4, -0.2) is 0 Å². The summed E-state index contributed by atoms with van der Waals surface area (Å²) in [5, 5.41) is 11.6. The van der Waals surface area contributed by atoms with Gasteiger partial charge in [-0.25, -0.2) is 4.79 Å². The van der Waals surface area contributed by atoms with Crippen LogP contribution in [0.5, 0.6) is 5.75 Å². The van der Waals surface area contributed by atoms with Gasteiger partial charge in [0.05, 0.1) is 0 Å². The molecule has 0 atom stereocenters. The maximum Gasteiger partial charge on any atom is 0.336 e. The number of benzene rings is 1. The molecule has 1 heterocycles. The van der Waals surface area contributed by atoms with E-state index in [1.807, 2.05) is 0 Å². The van der Waals surface area contributed by atoms with Gasteiger partial charge >= 0.3 is 5.63 Å². The van der Waals surface area contributed by atoms with Crippen LogP contribution < -0.4 is 10.7 Å². The SMILES string of the molecule is O=c1ccc2ccc([O-])cc2o1. The van der Waals surface area contributed by atoms with Crippen molar-refractivity contribution in [3.05, 3.63) is 40.8 Å². The van der Waals surface area contributed by atoms with Gasteiger partial charge in [-0.3, -0.25) is 0 Å². The van der Waals surface area contributed by atoms with Crippen LogP contribution in [0.25, 0.3) is 11.0 Å². The van der Waals surface area contributed by atoms with Crippen LogP contribution in [0.1, 0.15) is 0 Å². The summed E-state index contributed by atoms with van der Waals surface area (Å²) in [6.07, 6.45) is 0. The summed E-state index contributed by atoms with van der Waals surface area (Å²) in [5.74, 6) is -0.156. The largest absolute Gasteiger partial charge is 0.872 e. The molecule has 0 aliphatic heterocycles. The van der Waals surface area contributed by atoms with E-state index < -0.39 is 5.63 Å². The second-order valence-corrected chi connectivity index (χ2v) is 2.45. The molecule has 1 aromatic carbocycles. The van der Waals surface area contributed by atoms with Crippen molar-refractivity contribution in [3.8, 4) is 5.75 Å². The quantitative estimate of drug-likeness (QED) is 0.538. The number of hydrogen-bond acceptors (Lipinski definition) is 3. The Balaban J connectivity index is 2.89. The van der Waals surface area contributed by atoms with Gasteiger partial charge in [0, 0.05) is 11.5 Å². The van der Waals surface area contributed by atoms with Crippen molar-refractivity contribution in [1.29, 1.82) is 0 Å². The minimum atomic E-state index is -0.437. The molecule has 0 saturated carbocycles. The molecule has 1 aromatic heterocycles. The highest BCUT2D eigenvalue weighted by molar-refractivity contribution is 5.77. The molecule has 0 aliphatic rings. The molecule has 2 rings (SSSR count). The van der Waals surface area contributed by atoms with Crippen molar-refractivity contribution in [2.75, 3.05) is 0 Å². The van der Waals surface area contributed by atoms with Gasteiger partial charge in [-0.15, -0.1) is 5.75 Å². The van der Waals surface area contributed by atoms with Crippen molar-refractivity contribution >= 4 is 11.0 Å². The van der Waals surface area contributed by atoms with Gasteiger partial charge < -0.3 is 9.52 Å². The molecule has 0 spiro atoms. The maximum absolute atomic E-state index is 10.8. The first-order valence-electron chi connectivity index (χ1n) is 3.47. The summed E-state index contributed by atoms with van der Waals surface area (Å²) >= 11 is 0. The Morgan fingerprint density at radius 3 is 2.75 bits per heavy atom. The van der Waals surface area contributed by atoms with Gasteiger partial charge in [0.1, 0.15) is 5.58 Å². The van der Waals surface area contributed by atoms with Crippen molar-refractivity contribution in [2.24, 2.45) is 0 Å². The van der Waals surface area contributed by atoms with Crippen LogP contribution in [0.2, 0.25) is 0 Å². The summed E-state index contributed by atoms with van der Waals surface area (Å²) in [5.41, 5.74) is -0.0944. The van der Waals surface area contributed by atoms with Gasteiger partial charge in [-0.1, -0.05) is 12.1 Å². The molecule has 0 bridgehead atoms. The first kappa shape index (κ1) is 6.91. The molecule has 0 radical (unpaired) electrons. The van der Waals surface area contributed by atoms with E-state index in [-0.39, 0.29) is 5.75 Å². The molecule has 0 fully saturated rings. The smallest absolute Gasteiger partial charge is 0.336 e. The summed E-state index contributed by atoms with van der Waals surface area (Å²) in [4.78, 5) is 10.7. The fourth-order valence-corrected chi connectivity index (χ4v) is 1.04. The van der Waals surface area contributed by atoms with E-state index in [2.05, 4.69) is 0 Å². The lowest BCUT2D eigenvalue weighted by atomic mass is 10.2. The zero-order chi connectivity index (χ0) is 8.55. The van der Waals surface area contributed by atoms with Crippen LogP contribution in [0, 0.1) is 0 Å². The lowest BCUT2D eigenvalue weighted by Crippen LogP contribution is -1.95. The number of fused-ring (bicyclic) bond motifs is 1. The second-order valence-electron chi connectivity index (χ2n) is 2.45. The van der Waals surface area contributed by atoms with Gasteiger partial charge in [0.15, 0.2) is 0 Å². The zero-order valence-electron chi connectivity index (χ0n) is 6.11. The van der Waals surface area contributed by atoms with Crippen LogP contribution in [0.3, 0.4) is 0 Å². The minimum absolute atomic E-state index is 0.156. The lowest BCUT2D eigenvalue weighted by molar-refractivity contribution is -0.268. The van der Waals surface area contributed by atoms with Gasteiger partial charge in [-0.2, -0.15) is 0 Å². The highest BCUT2D eigenvalue weighted by Gasteiger charge is 1.93. The molecule has 0 aliphatic carbocycles. The number of hydrogen-bond donors (Lipinski definition) is 0. The highest BCUT2D eigenvalue weighted by atomic mass is 16.4. The molecular weight excluding hydrogens is 156 g/mol. The van der Waals surface area contributed by atoms with Crippen LogP contribution in [0.15, 0.2) is 39.5 Å². The Morgan fingerprint density at radius 1 is 1.17 bits per heavy atom. The van der Waals surface area contributed by atoms with E-state index in [0.717, 1.165) is 5.39 Å². The standard InChI is InChI=1S/C9H6O3/c10-7-3-1-6-2-4-9(11)12-8(6)5-7/h1-5,10H/p-1. The second kappa shape index (κ2) is 2.37.